The molecule has 39 heavy (non-hydrogen) atoms. The average molecular weight is 559 g/mol. The Morgan fingerprint density at radius 2 is 1.95 bits per heavy atom. The van der Waals surface area contributed by atoms with Crippen molar-refractivity contribution in [1.82, 2.24) is 35.2 Å². The SMILES string of the molecule is C=C(C(=O)NC(c1cn2nc(C)cnc2n1)C1CCC(F)(F)CC1)N(N)CC.CCC(=O)NCCC(C)(F)F. The number of aromatic nitrogens is 4. The monoisotopic (exact) mass is 558 g/mol. The summed E-state index contributed by atoms with van der Waals surface area (Å²) in [4.78, 5) is 31.8. The lowest BCUT2D eigenvalue weighted by atomic mass is 9.81. The summed E-state index contributed by atoms with van der Waals surface area (Å²) in [5.74, 6) is -0.0296. The lowest BCUT2D eigenvalue weighted by Crippen LogP contribution is -2.42. The molecule has 218 valence electrons. The number of hydrogen-bond donors (Lipinski definition) is 3. The molecule has 3 rings (SSSR count). The zero-order valence-electron chi connectivity index (χ0n) is 22.8. The summed E-state index contributed by atoms with van der Waals surface area (Å²) in [6, 6.07) is -0.561. The first kappa shape index (κ1) is 31.9. The lowest BCUT2D eigenvalue weighted by molar-refractivity contribution is -0.121. The van der Waals surface area contributed by atoms with Crippen molar-refractivity contribution in [3.05, 3.63) is 36.1 Å². The quantitative estimate of drug-likeness (QED) is 0.176. The Bertz CT molecular complexity index is 1120. The molecular weight excluding hydrogens is 520 g/mol. The van der Waals surface area contributed by atoms with Crippen LogP contribution in [0.1, 0.15) is 76.7 Å². The molecule has 1 saturated carbocycles. The van der Waals surface area contributed by atoms with E-state index in [4.69, 9.17) is 5.84 Å². The number of nitrogens with zero attached hydrogens (tertiary/aromatic N) is 5. The fourth-order valence-electron chi connectivity index (χ4n) is 3.96. The van der Waals surface area contributed by atoms with E-state index in [-0.39, 0.29) is 56.2 Å². The maximum Gasteiger partial charge on any atom is 0.268 e. The fourth-order valence-corrected chi connectivity index (χ4v) is 3.96. The number of nitrogens with one attached hydrogen (secondary N) is 2. The summed E-state index contributed by atoms with van der Waals surface area (Å²) >= 11 is 0. The Morgan fingerprint density at radius 3 is 2.51 bits per heavy atom. The molecule has 0 aromatic carbocycles. The number of nitrogens with two attached hydrogens (primary N) is 1. The summed E-state index contributed by atoms with van der Waals surface area (Å²) in [6.07, 6.45) is 3.44. The Balaban J connectivity index is 0.000000411. The molecule has 10 nitrogen and oxygen atoms in total. The molecule has 2 amide bonds. The number of fused-ring (bicyclic) bond motifs is 1. The van der Waals surface area contributed by atoms with E-state index in [1.54, 1.807) is 33.2 Å². The molecule has 1 atom stereocenters. The highest BCUT2D eigenvalue weighted by Gasteiger charge is 2.39. The maximum atomic E-state index is 13.6. The van der Waals surface area contributed by atoms with Crippen LogP contribution >= 0.6 is 0 Å². The number of imidazole rings is 1. The molecule has 1 fully saturated rings. The van der Waals surface area contributed by atoms with Crippen LogP contribution in [-0.2, 0) is 9.59 Å². The van der Waals surface area contributed by atoms with Gasteiger partial charge in [-0.3, -0.25) is 9.59 Å². The van der Waals surface area contributed by atoms with Crippen LogP contribution in [0.15, 0.2) is 24.7 Å². The summed E-state index contributed by atoms with van der Waals surface area (Å²) < 4.78 is 53.0. The van der Waals surface area contributed by atoms with Gasteiger partial charge in [-0.25, -0.2) is 37.9 Å². The van der Waals surface area contributed by atoms with Crippen LogP contribution in [0.25, 0.3) is 5.78 Å². The zero-order valence-corrected chi connectivity index (χ0v) is 22.8. The van der Waals surface area contributed by atoms with Gasteiger partial charge in [0, 0.05) is 38.8 Å². The number of amides is 2. The fraction of sp³-hybridized carbons (Fsp3) is 0.640. The van der Waals surface area contributed by atoms with Crippen LogP contribution in [0.3, 0.4) is 0 Å². The van der Waals surface area contributed by atoms with Gasteiger partial charge in [0.1, 0.15) is 5.70 Å². The molecule has 0 saturated heterocycles. The van der Waals surface area contributed by atoms with Gasteiger partial charge in [0.15, 0.2) is 0 Å². The Labute approximate surface area is 225 Å². The van der Waals surface area contributed by atoms with E-state index < -0.39 is 23.8 Å². The highest BCUT2D eigenvalue weighted by Crippen LogP contribution is 2.41. The molecule has 1 unspecified atom stereocenters. The van der Waals surface area contributed by atoms with Gasteiger partial charge in [0.05, 0.1) is 29.8 Å². The van der Waals surface area contributed by atoms with E-state index in [9.17, 15) is 27.2 Å². The van der Waals surface area contributed by atoms with Gasteiger partial charge in [0.25, 0.3) is 11.7 Å². The highest BCUT2D eigenvalue weighted by atomic mass is 19.3. The summed E-state index contributed by atoms with van der Waals surface area (Å²) in [7, 11) is 0. The van der Waals surface area contributed by atoms with Gasteiger partial charge >= 0.3 is 0 Å². The van der Waals surface area contributed by atoms with Gasteiger partial charge in [0.2, 0.25) is 17.8 Å². The van der Waals surface area contributed by atoms with E-state index in [0.29, 0.717) is 30.1 Å². The normalized spacial score (nSPS) is 16.1. The molecule has 0 aliphatic heterocycles. The van der Waals surface area contributed by atoms with Crippen LogP contribution in [-0.4, -0.2) is 61.3 Å². The van der Waals surface area contributed by atoms with Crippen molar-refractivity contribution in [2.45, 2.75) is 84.1 Å². The minimum atomic E-state index is -2.68. The number of halogens is 4. The van der Waals surface area contributed by atoms with Crippen LogP contribution in [0, 0.1) is 12.8 Å². The van der Waals surface area contributed by atoms with E-state index >= 15 is 0 Å². The highest BCUT2D eigenvalue weighted by molar-refractivity contribution is 5.92. The lowest BCUT2D eigenvalue weighted by Gasteiger charge is -2.33. The van der Waals surface area contributed by atoms with Gasteiger partial charge in [-0.1, -0.05) is 13.5 Å². The van der Waals surface area contributed by atoms with E-state index in [1.807, 2.05) is 0 Å². The number of hydrogen-bond acceptors (Lipinski definition) is 7. The molecule has 14 heteroatoms. The van der Waals surface area contributed by atoms with Crippen molar-refractivity contribution in [2.75, 3.05) is 13.1 Å². The first-order chi connectivity index (χ1) is 18.2. The second-order valence-corrected chi connectivity index (χ2v) is 9.71. The molecule has 4 N–H and O–H groups in total. The van der Waals surface area contributed by atoms with E-state index in [2.05, 4.69) is 32.3 Å². The number of alkyl halides is 4. The molecule has 0 spiro atoms. The van der Waals surface area contributed by atoms with Crippen LogP contribution in [0.2, 0.25) is 0 Å². The second-order valence-electron chi connectivity index (χ2n) is 9.71. The van der Waals surface area contributed by atoms with Crippen molar-refractivity contribution in [2.24, 2.45) is 11.8 Å². The van der Waals surface area contributed by atoms with Crippen LogP contribution in [0.5, 0.6) is 0 Å². The number of carbonyl (C=O) groups excluding carboxylic acids is 2. The maximum absolute atomic E-state index is 13.6. The Morgan fingerprint density at radius 1 is 1.31 bits per heavy atom. The number of aryl methyl sites for hydroxylation is 1. The molecule has 1 aliphatic rings. The largest absolute Gasteiger partial charge is 0.356 e. The van der Waals surface area contributed by atoms with Crippen molar-refractivity contribution in [3.63, 3.8) is 0 Å². The Hall–Kier alpha value is -3.29. The average Bonchev–Trinajstić information content (AvgIpc) is 3.28. The topological polar surface area (TPSA) is 131 Å². The summed E-state index contributed by atoms with van der Waals surface area (Å²) in [6.45, 7) is 10.3. The van der Waals surface area contributed by atoms with E-state index in [0.717, 1.165) is 6.92 Å². The zero-order chi connectivity index (χ0) is 29.4. The van der Waals surface area contributed by atoms with Crippen LogP contribution < -0.4 is 16.5 Å². The van der Waals surface area contributed by atoms with Gasteiger partial charge in [-0.2, -0.15) is 5.10 Å². The minimum absolute atomic E-state index is 0.0518. The minimum Gasteiger partial charge on any atom is -0.356 e. The number of carbonyl (C=O) groups is 2. The summed E-state index contributed by atoms with van der Waals surface area (Å²) in [5.41, 5.74) is 1.34. The first-order valence-electron chi connectivity index (χ1n) is 12.9. The third kappa shape index (κ3) is 10.1. The molecule has 2 aromatic heterocycles. The smallest absolute Gasteiger partial charge is 0.268 e. The Kier molecular flexibility index (Phi) is 11.2. The van der Waals surface area contributed by atoms with Crippen LogP contribution in [0.4, 0.5) is 17.6 Å². The molecule has 0 bridgehead atoms. The number of hydrazine groups is 1. The third-order valence-electron chi connectivity index (χ3n) is 6.32. The van der Waals surface area contributed by atoms with Crippen molar-refractivity contribution < 1.29 is 27.2 Å². The van der Waals surface area contributed by atoms with Gasteiger partial charge in [-0.15, -0.1) is 0 Å². The van der Waals surface area contributed by atoms with Crippen molar-refractivity contribution in [1.29, 1.82) is 0 Å². The molecule has 2 heterocycles. The van der Waals surface area contributed by atoms with Gasteiger partial charge < -0.3 is 15.6 Å². The predicted octanol–water partition coefficient (Wildman–Crippen LogP) is 3.68. The second kappa shape index (κ2) is 13.7. The summed E-state index contributed by atoms with van der Waals surface area (Å²) in [5, 5.41) is 10.8. The standard InChI is InChI=1S/C18H25F2N7O.C7H13F2NO/c1-4-26(21)12(3)16(28)24-15(13-5-7-18(19,20)8-6-13)14-10-27-17(23-14)22-9-11(2)25-27;1-3-6(11)10-5-4-7(2,8)9/h9-10,13,15H,3-8,21H2,1-2H3,(H,24,28);3-5H2,1-2H3,(H,10,11). The van der Waals surface area contributed by atoms with Gasteiger partial charge in [-0.05, 0) is 39.5 Å². The molecule has 2 aromatic rings. The predicted molar refractivity (Wildman–Crippen MR) is 138 cm³/mol. The molecular formula is C25H38F4N8O2. The number of likely N-dealkylation sites (N-methyl/N-ethyl adjacent to an activating group) is 1. The van der Waals surface area contributed by atoms with E-state index in [1.165, 1.54) is 9.52 Å². The van der Waals surface area contributed by atoms with Crippen molar-refractivity contribution in [3.8, 4) is 0 Å². The first-order valence-corrected chi connectivity index (χ1v) is 12.9. The molecule has 0 radical (unpaired) electrons. The number of rotatable bonds is 10. The third-order valence-corrected chi connectivity index (χ3v) is 6.32. The van der Waals surface area contributed by atoms with Crippen molar-refractivity contribution >= 4 is 17.6 Å². The molecule has 1 aliphatic carbocycles.